The summed E-state index contributed by atoms with van der Waals surface area (Å²) in [5, 5.41) is 7.41. The van der Waals surface area contributed by atoms with Crippen LogP contribution in [0.25, 0.3) is 0 Å². The lowest BCUT2D eigenvalue weighted by Crippen LogP contribution is -2.72. The number of carbonyl (C=O) groups is 4. The van der Waals surface area contributed by atoms with Crippen molar-refractivity contribution >= 4 is 23.9 Å². The Morgan fingerprint density at radius 2 is 1.84 bits per heavy atom. The number of ether oxygens (including phenoxy) is 2. The monoisotopic (exact) mass is 426 g/mol. The predicted octanol–water partition coefficient (Wildman–Crippen LogP) is 0.727. The maximum atomic E-state index is 13.1. The van der Waals surface area contributed by atoms with E-state index in [4.69, 9.17) is 9.47 Å². The fraction of sp³-hybridized carbons (Fsp3) is 0.286. The Labute approximate surface area is 178 Å². The van der Waals surface area contributed by atoms with E-state index in [0.29, 0.717) is 0 Å². The van der Waals surface area contributed by atoms with Gasteiger partial charge in [0.05, 0.1) is 5.69 Å². The average molecular weight is 426 g/mol. The van der Waals surface area contributed by atoms with Gasteiger partial charge in [-0.3, -0.25) is 19.4 Å². The van der Waals surface area contributed by atoms with Crippen molar-refractivity contribution in [3.05, 3.63) is 66.0 Å². The number of hydrogen-bond donors (Lipinski definition) is 3. The Morgan fingerprint density at radius 1 is 1.13 bits per heavy atom. The summed E-state index contributed by atoms with van der Waals surface area (Å²) in [6.45, 7) is 2.63. The van der Waals surface area contributed by atoms with Gasteiger partial charge in [-0.1, -0.05) is 36.4 Å². The van der Waals surface area contributed by atoms with E-state index in [1.165, 1.54) is 20.0 Å². The SMILES string of the molecule is CC(=O)O[C@@H]1NC(=O)[C@H]1NC(=O)[C@](C)(NC(=O)OCc1ccccc1)c1ccccn1. The van der Waals surface area contributed by atoms with Gasteiger partial charge in [0.2, 0.25) is 6.23 Å². The third-order valence-corrected chi connectivity index (χ3v) is 4.65. The molecule has 1 saturated heterocycles. The molecule has 1 fully saturated rings. The summed E-state index contributed by atoms with van der Waals surface area (Å²) in [6, 6.07) is 12.8. The lowest BCUT2D eigenvalue weighted by molar-refractivity contribution is -0.164. The number of amides is 3. The van der Waals surface area contributed by atoms with Crippen molar-refractivity contribution in [3.8, 4) is 0 Å². The highest BCUT2D eigenvalue weighted by Gasteiger charge is 2.47. The van der Waals surface area contributed by atoms with Gasteiger partial charge in [0.1, 0.15) is 6.61 Å². The molecular formula is C21H22N4O6. The van der Waals surface area contributed by atoms with Crippen LogP contribution in [0, 0.1) is 0 Å². The molecule has 0 saturated carbocycles. The van der Waals surface area contributed by atoms with Crippen molar-refractivity contribution in [1.82, 2.24) is 20.9 Å². The normalized spacial score (nSPS) is 19.1. The highest BCUT2D eigenvalue weighted by atomic mass is 16.6. The van der Waals surface area contributed by atoms with Crippen LogP contribution < -0.4 is 16.0 Å². The van der Waals surface area contributed by atoms with Crippen molar-refractivity contribution in [3.63, 3.8) is 0 Å². The Morgan fingerprint density at radius 3 is 2.45 bits per heavy atom. The van der Waals surface area contributed by atoms with E-state index >= 15 is 0 Å². The van der Waals surface area contributed by atoms with Gasteiger partial charge in [-0.25, -0.2) is 4.79 Å². The number of nitrogens with one attached hydrogen (secondary N) is 3. The molecule has 1 aromatic heterocycles. The molecule has 10 nitrogen and oxygen atoms in total. The third kappa shape index (κ3) is 5.16. The van der Waals surface area contributed by atoms with E-state index in [9.17, 15) is 19.2 Å². The minimum atomic E-state index is -1.66. The molecule has 0 aliphatic carbocycles. The standard InChI is InChI=1S/C21H22N4O6/c1-13(26)31-18-16(17(27)24-18)23-19(28)21(2,15-10-6-7-11-22-15)25-20(29)30-12-14-8-4-3-5-9-14/h3-11,16,18H,12H2,1-2H3,(H,23,28)(H,24,27)(H,25,29)/t16-,18+,21-/m1/s1. The Hall–Kier alpha value is -3.95. The first-order chi connectivity index (χ1) is 14.8. The molecule has 1 aliphatic heterocycles. The van der Waals surface area contributed by atoms with Crippen LogP contribution in [0.3, 0.4) is 0 Å². The van der Waals surface area contributed by atoms with Crippen LogP contribution in [0.1, 0.15) is 25.1 Å². The number of pyridine rings is 1. The molecule has 2 heterocycles. The summed E-state index contributed by atoms with van der Waals surface area (Å²) in [5.74, 6) is -1.85. The maximum absolute atomic E-state index is 13.1. The summed E-state index contributed by atoms with van der Waals surface area (Å²) < 4.78 is 10.2. The summed E-state index contributed by atoms with van der Waals surface area (Å²) in [5.41, 5.74) is -0.656. The van der Waals surface area contributed by atoms with Gasteiger partial charge >= 0.3 is 12.1 Å². The summed E-state index contributed by atoms with van der Waals surface area (Å²) in [4.78, 5) is 52.8. The van der Waals surface area contributed by atoms with Gasteiger partial charge < -0.3 is 25.4 Å². The van der Waals surface area contributed by atoms with Crippen molar-refractivity contribution < 1.29 is 28.7 Å². The molecule has 3 amide bonds. The van der Waals surface area contributed by atoms with E-state index in [0.717, 1.165) is 5.56 Å². The van der Waals surface area contributed by atoms with Crippen LogP contribution in [0.5, 0.6) is 0 Å². The van der Waals surface area contributed by atoms with Crippen LogP contribution in [-0.2, 0) is 36.0 Å². The molecule has 0 bridgehead atoms. The molecule has 3 rings (SSSR count). The molecule has 31 heavy (non-hydrogen) atoms. The Kier molecular flexibility index (Phi) is 6.49. The second kappa shape index (κ2) is 9.24. The van der Waals surface area contributed by atoms with Crippen molar-refractivity contribution in [1.29, 1.82) is 0 Å². The number of esters is 1. The predicted molar refractivity (Wildman–Crippen MR) is 107 cm³/mol. The van der Waals surface area contributed by atoms with Crippen LogP contribution in [-0.4, -0.2) is 41.1 Å². The number of carbonyl (C=O) groups excluding carboxylic acids is 4. The molecule has 0 radical (unpaired) electrons. The third-order valence-electron chi connectivity index (χ3n) is 4.65. The lowest BCUT2D eigenvalue weighted by atomic mass is 9.94. The van der Waals surface area contributed by atoms with Gasteiger partial charge in [-0.05, 0) is 24.6 Å². The highest BCUT2D eigenvalue weighted by Crippen LogP contribution is 2.21. The molecule has 1 aromatic carbocycles. The fourth-order valence-electron chi connectivity index (χ4n) is 2.92. The average Bonchev–Trinajstić information content (AvgIpc) is 2.76. The van der Waals surface area contributed by atoms with Gasteiger partial charge in [0.15, 0.2) is 11.6 Å². The minimum absolute atomic E-state index is 0.00610. The fourth-order valence-corrected chi connectivity index (χ4v) is 2.92. The molecule has 162 valence electrons. The van der Waals surface area contributed by atoms with Crippen molar-refractivity contribution in [2.75, 3.05) is 0 Å². The minimum Gasteiger partial charge on any atom is -0.445 e. The maximum Gasteiger partial charge on any atom is 0.408 e. The number of aromatic nitrogens is 1. The number of hydrogen-bond acceptors (Lipinski definition) is 7. The molecule has 3 N–H and O–H groups in total. The zero-order valence-electron chi connectivity index (χ0n) is 17.0. The summed E-state index contributed by atoms with van der Waals surface area (Å²) in [7, 11) is 0. The molecule has 0 unspecified atom stereocenters. The van der Waals surface area contributed by atoms with Gasteiger partial charge in [0.25, 0.3) is 11.8 Å². The molecule has 3 atom stereocenters. The van der Waals surface area contributed by atoms with E-state index in [-0.39, 0.29) is 12.3 Å². The zero-order valence-corrected chi connectivity index (χ0v) is 17.0. The first-order valence-corrected chi connectivity index (χ1v) is 9.48. The van der Waals surface area contributed by atoms with E-state index in [1.54, 1.807) is 30.3 Å². The van der Waals surface area contributed by atoms with Crippen LogP contribution in [0.4, 0.5) is 4.79 Å². The number of alkyl carbamates (subject to hydrolysis) is 1. The van der Waals surface area contributed by atoms with E-state index in [2.05, 4.69) is 20.9 Å². The zero-order chi connectivity index (χ0) is 22.4. The first-order valence-electron chi connectivity index (χ1n) is 9.48. The quantitative estimate of drug-likeness (QED) is 0.439. The number of benzene rings is 1. The molecule has 0 spiro atoms. The molecule has 10 heteroatoms. The van der Waals surface area contributed by atoms with Gasteiger partial charge in [0, 0.05) is 13.1 Å². The smallest absolute Gasteiger partial charge is 0.408 e. The largest absolute Gasteiger partial charge is 0.445 e. The second-order valence-corrected chi connectivity index (χ2v) is 7.02. The summed E-state index contributed by atoms with van der Waals surface area (Å²) in [6.07, 6.45) is -0.371. The summed E-state index contributed by atoms with van der Waals surface area (Å²) >= 11 is 0. The lowest BCUT2D eigenvalue weighted by Gasteiger charge is -2.38. The van der Waals surface area contributed by atoms with Crippen LogP contribution in [0.2, 0.25) is 0 Å². The highest BCUT2D eigenvalue weighted by molar-refractivity contribution is 5.97. The molecular weight excluding hydrogens is 404 g/mol. The van der Waals surface area contributed by atoms with Gasteiger partial charge in [-0.2, -0.15) is 0 Å². The van der Waals surface area contributed by atoms with Crippen molar-refractivity contribution in [2.45, 2.75) is 38.3 Å². The molecule has 2 aromatic rings. The molecule has 1 aliphatic rings. The van der Waals surface area contributed by atoms with E-state index in [1.807, 2.05) is 18.2 Å². The van der Waals surface area contributed by atoms with Crippen LogP contribution in [0.15, 0.2) is 54.7 Å². The first kappa shape index (κ1) is 21.8. The number of β-lactam (4-membered cyclic amide) rings is 1. The van der Waals surface area contributed by atoms with Crippen molar-refractivity contribution in [2.24, 2.45) is 0 Å². The number of nitrogens with zero attached hydrogens (tertiary/aromatic N) is 1. The number of rotatable bonds is 7. The van der Waals surface area contributed by atoms with E-state index < -0.39 is 41.7 Å². The van der Waals surface area contributed by atoms with Crippen LogP contribution >= 0.6 is 0 Å². The second-order valence-electron chi connectivity index (χ2n) is 7.02. The Bertz CT molecular complexity index is 968. The Balaban J connectivity index is 1.74. The van der Waals surface area contributed by atoms with Gasteiger partial charge in [-0.15, -0.1) is 0 Å². The topological polar surface area (TPSA) is 136 Å².